The van der Waals surface area contributed by atoms with E-state index in [4.69, 9.17) is 16.0 Å². The maximum Gasteiger partial charge on any atom is 0.169 e. The van der Waals surface area contributed by atoms with Crippen LogP contribution in [-0.2, 0) is 0 Å². The fraction of sp³-hybridized carbons (Fsp3) is 0.176. The highest BCUT2D eigenvalue weighted by atomic mass is 35.5. The third-order valence-electron chi connectivity index (χ3n) is 3.39. The fourth-order valence-electron chi connectivity index (χ4n) is 2.46. The van der Waals surface area contributed by atoms with E-state index in [1.807, 2.05) is 43.3 Å². The Kier molecular flexibility index (Phi) is 3.95. The lowest BCUT2D eigenvalue weighted by Gasteiger charge is -2.16. The van der Waals surface area contributed by atoms with Crippen molar-refractivity contribution in [2.24, 2.45) is 0 Å². The van der Waals surface area contributed by atoms with E-state index in [1.165, 1.54) is 6.07 Å². The predicted octanol–water partition coefficient (Wildman–Crippen LogP) is 4.92. The van der Waals surface area contributed by atoms with Gasteiger partial charge in [0.15, 0.2) is 11.4 Å². The van der Waals surface area contributed by atoms with E-state index in [9.17, 15) is 4.39 Å². The molecule has 21 heavy (non-hydrogen) atoms. The molecule has 0 saturated heterocycles. The lowest BCUT2D eigenvalue weighted by atomic mass is 10.0. The highest BCUT2D eigenvalue weighted by Crippen LogP contribution is 2.30. The molecule has 1 N–H and O–H groups in total. The van der Waals surface area contributed by atoms with Crippen molar-refractivity contribution < 1.29 is 8.81 Å². The summed E-state index contributed by atoms with van der Waals surface area (Å²) in [7, 11) is 0. The number of rotatable bonds is 4. The lowest BCUT2D eigenvalue weighted by molar-refractivity contribution is 0.465. The van der Waals surface area contributed by atoms with Crippen LogP contribution in [0.15, 0.2) is 52.9 Å². The van der Waals surface area contributed by atoms with Crippen molar-refractivity contribution in [2.75, 3.05) is 6.54 Å². The van der Waals surface area contributed by atoms with Gasteiger partial charge in [-0.05, 0) is 36.4 Å². The third kappa shape index (κ3) is 2.80. The minimum atomic E-state index is -0.347. The standard InChI is InChI=1S/C17H15ClFNO/c1-2-20-16(11-5-3-7-13(18)9-11)15-10-12-6-4-8-14(19)17(12)21-15/h3-10,16,20H,2H2,1H3. The Balaban J connectivity index is 2.09. The van der Waals surface area contributed by atoms with Gasteiger partial charge in [-0.25, -0.2) is 4.39 Å². The number of para-hydroxylation sites is 1. The van der Waals surface area contributed by atoms with Gasteiger partial charge in [-0.3, -0.25) is 0 Å². The molecule has 1 atom stereocenters. The molecule has 0 aliphatic heterocycles. The highest BCUT2D eigenvalue weighted by Gasteiger charge is 2.19. The molecule has 0 aliphatic carbocycles. The van der Waals surface area contributed by atoms with Crippen LogP contribution in [0.25, 0.3) is 11.0 Å². The normalized spacial score (nSPS) is 12.7. The summed E-state index contributed by atoms with van der Waals surface area (Å²) in [6.07, 6.45) is 0. The molecule has 0 bridgehead atoms. The zero-order chi connectivity index (χ0) is 14.8. The van der Waals surface area contributed by atoms with Crippen LogP contribution in [0.4, 0.5) is 4.39 Å². The molecule has 2 aromatic carbocycles. The fourth-order valence-corrected chi connectivity index (χ4v) is 2.66. The van der Waals surface area contributed by atoms with Crippen LogP contribution in [0.2, 0.25) is 5.02 Å². The van der Waals surface area contributed by atoms with E-state index in [0.29, 0.717) is 10.8 Å². The number of halogens is 2. The minimum absolute atomic E-state index is 0.152. The second-order valence-electron chi connectivity index (χ2n) is 4.85. The van der Waals surface area contributed by atoms with Gasteiger partial charge in [0.25, 0.3) is 0 Å². The molecule has 0 radical (unpaired) electrons. The van der Waals surface area contributed by atoms with Crippen LogP contribution in [0.5, 0.6) is 0 Å². The van der Waals surface area contributed by atoms with Gasteiger partial charge < -0.3 is 9.73 Å². The minimum Gasteiger partial charge on any atom is -0.456 e. The Bertz CT molecular complexity index is 768. The van der Waals surface area contributed by atoms with Crippen molar-refractivity contribution in [3.63, 3.8) is 0 Å². The molecule has 1 unspecified atom stereocenters. The van der Waals surface area contributed by atoms with Crippen LogP contribution in [0.1, 0.15) is 24.3 Å². The Labute approximate surface area is 127 Å². The Hall–Kier alpha value is -1.84. The van der Waals surface area contributed by atoms with Crippen LogP contribution >= 0.6 is 11.6 Å². The first-order valence-corrected chi connectivity index (χ1v) is 7.23. The van der Waals surface area contributed by atoms with Gasteiger partial charge in [0.1, 0.15) is 5.76 Å². The first kappa shape index (κ1) is 14.1. The summed E-state index contributed by atoms with van der Waals surface area (Å²) < 4.78 is 19.5. The van der Waals surface area contributed by atoms with Crippen molar-refractivity contribution in [1.29, 1.82) is 0 Å². The molecule has 4 heteroatoms. The number of nitrogens with one attached hydrogen (secondary N) is 1. The zero-order valence-electron chi connectivity index (χ0n) is 11.6. The summed E-state index contributed by atoms with van der Waals surface area (Å²) in [4.78, 5) is 0. The molecule has 0 saturated carbocycles. The van der Waals surface area contributed by atoms with Gasteiger partial charge in [0.05, 0.1) is 6.04 Å². The van der Waals surface area contributed by atoms with Gasteiger partial charge in [0.2, 0.25) is 0 Å². The lowest BCUT2D eigenvalue weighted by Crippen LogP contribution is -2.21. The molecule has 0 fully saturated rings. The monoisotopic (exact) mass is 303 g/mol. The van der Waals surface area contributed by atoms with E-state index in [0.717, 1.165) is 17.5 Å². The van der Waals surface area contributed by atoms with Gasteiger partial charge in [-0.2, -0.15) is 0 Å². The number of furan rings is 1. The summed E-state index contributed by atoms with van der Waals surface area (Å²) in [5.74, 6) is 0.333. The molecule has 0 amide bonds. The molecule has 1 aromatic heterocycles. The van der Waals surface area contributed by atoms with Crippen molar-refractivity contribution >= 4 is 22.6 Å². The predicted molar refractivity (Wildman–Crippen MR) is 83.1 cm³/mol. The molecular weight excluding hydrogens is 289 g/mol. The Morgan fingerprint density at radius 1 is 1.19 bits per heavy atom. The summed E-state index contributed by atoms with van der Waals surface area (Å²) in [5.41, 5.74) is 1.28. The van der Waals surface area contributed by atoms with Crippen LogP contribution in [-0.4, -0.2) is 6.54 Å². The van der Waals surface area contributed by atoms with Gasteiger partial charge in [0, 0.05) is 10.4 Å². The summed E-state index contributed by atoms with van der Waals surface area (Å²) in [6, 6.07) is 14.2. The summed E-state index contributed by atoms with van der Waals surface area (Å²) in [6.45, 7) is 2.78. The molecule has 0 spiro atoms. The van der Waals surface area contributed by atoms with E-state index >= 15 is 0 Å². The van der Waals surface area contributed by atoms with E-state index in [2.05, 4.69) is 5.32 Å². The number of hydrogen-bond donors (Lipinski definition) is 1. The zero-order valence-corrected chi connectivity index (χ0v) is 12.3. The average molecular weight is 304 g/mol. The van der Waals surface area contributed by atoms with Gasteiger partial charge in [-0.15, -0.1) is 0 Å². The molecule has 108 valence electrons. The van der Waals surface area contributed by atoms with Crippen molar-refractivity contribution in [3.05, 3.63) is 70.7 Å². The first-order valence-electron chi connectivity index (χ1n) is 6.86. The molecular formula is C17H15ClFNO. The van der Waals surface area contributed by atoms with Crippen molar-refractivity contribution in [2.45, 2.75) is 13.0 Å². The second-order valence-corrected chi connectivity index (χ2v) is 5.29. The third-order valence-corrected chi connectivity index (χ3v) is 3.62. The molecule has 3 aromatic rings. The second kappa shape index (κ2) is 5.88. The maximum absolute atomic E-state index is 13.8. The largest absolute Gasteiger partial charge is 0.456 e. The van der Waals surface area contributed by atoms with Crippen molar-refractivity contribution in [3.8, 4) is 0 Å². The average Bonchev–Trinajstić information content (AvgIpc) is 2.90. The van der Waals surface area contributed by atoms with Crippen molar-refractivity contribution in [1.82, 2.24) is 5.32 Å². The Morgan fingerprint density at radius 3 is 2.71 bits per heavy atom. The van der Waals surface area contributed by atoms with Crippen LogP contribution < -0.4 is 5.32 Å². The SMILES string of the molecule is CCNC(c1cccc(Cl)c1)c1cc2cccc(F)c2o1. The number of benzene rings is 2. The van der Waals surface area contributed by atoms with Crippen LogP contribution in [0.3, 0.4) is 0 Å². The first-order chi connectivity index (χ1) is 10.2. The van der Waals surface area contributed by atoms with E-state index in [-0.39, 0.29) is 17.4 Å². The number of hydrogen-bond acceptors (Lipinski definition) is 2. The molecule has 2 nitrogen and oxygen atoms in total. The summed E-state index contributed by atoms with van der Waals surface area (Å²) >= 11 is 6.06. The highest BCUT2D eigenvalue weighted by molar-refractivity contribution is 6.30. The van der Waals surface area contributed by atoms with Crippen LogP contribution in [0, 0.1) is 5.82 Å². The Morgan fingerprint density at radius 2 is 2.00 bits per heavy atom. The summed E-state index contributed by atoms with van der Waals surface area (Å²) in [5, 5.41) is 4.77. The van der Waals surface area contributed by atoms with Gasteiger partial charge in [-0.1, -0.05) is 42.8 Å². The molecule has 1 heterocycles. The molecule has 3 rings (SSSR count). The maximum atomic E-state index is 13.8. The van der Waals surface area contributed by atoms with E-state index < -0.39 is 0 Å². The van der Waals surface area contributed by atoms with E-state index in [1.54, 1.807) is 6.07 Å². The topological polar surface area (TPSA) is 25.2 Å². The molecule has 0 aliphatic rings. The number of fused-ring (bicyclic) bond motifs is 1. The smallest absolute Gasteiger partial charge is 0.169 e. The van der Waals surface area contributed by atoms with Gasteiger partial charge >= 0.3 is 0 Å². The quantitative estimate of drug-likeness (QED) is 0.739.